The molecule has 1 aliphatic rings. The van der Waals surface area contributed by atoms with Crippen molar-refractivity contribution in [3.63, 3.8) is 0 Å². The molecule has 0 amide bonds. The van der Waals surface area contributed by atoms with Gasteiger partial charge in [0, 0.05) is 12.1 Å². The van der Waals surface area contributed by atoms with Gasteiger partial charge in [-0.2, -0.15) is 0 Å². The van der Waals surface area contributed by atoms with Gasteiger partial charge in [-0.05, 0) is 37.5 Å². The van der Waals surface area contributed by atoms with Gasteiger partial charge in [0.15, 0.2) is 0 Å². The molecule has 1 aliphatic carbocycles. The molecule has 0 spiro atoms. The number of nitrogens with one attached hydrogen (secondary N) is 1. The highest BCUT2D eigenvalue weighted by Gasteiger charge is 2.28. The van der Waals surface area contributed by atoms with E-state index in [0.29, 0.717) is 5.75 Å². The van der Waals surface area contributed by atoms with Crippen LogP contribution in [0.4, 0.5) is 0 Å². The van der Waals surface area contributed by atoms with E-state index >= 15 is 0 Å². The van der Waals surface area contributed by atoms with Gasteiger partial charge in [0.1, 0.15) is 10.6 Å². The van der Waals surface area contributed by atoms with Crippen LogP contribution in [0.3, 0.4) is 0 Å². The third kappa shape index (κ3) is 3.31. The summed E-state index contributed by atoms with van der Waals surface area (Å²) < 4.78 is 32.9. The lowest BCUT2D eigenvalue weighted by Crippen LogP contribution is -2.49. The van der Waals surface area contributed by atoms with Crippen molar-refractivity contribution in [3.05, 3.63) is 23.8 Å². The summed E-state index contributed by atoms with van der Waals surface area (Å²) in [6.45, 7) is 1.85. The van der Waals surface area contributed by atoms with E-state index in [9.17, 15) is 8.42 Å². The van der Waals surface area contributed by atoms with E-state index in [-0.39, 0.29) is 17.0 Å². The molecule has 0 unspecified atom stereocenters. The molecule has 1 fully saturated rings. The number of ether oxygens (including phenoxy) is 1. The second-order valence-corrected chi connectivity index (χ2v) is 7.01. The fourth-order valence-electron chi connectivity index (χ4n) is 2.56. The molecular weight excluding hydrogens is 276 g/mol. The minimum atomic E-state index is -3.61. The first-order valence-corrected chi connectivity index (χ1v) is 8.35. The van der Waals surface area contributed by atoms with Crippen LogP contribution in [0.1, 0.15) is 31.2 Å². The second-order valence-electron chi connectivity index (χ2n) is 5.33. The lowest BCUT2D eigenvalue weighted by atomic mass is 9.92. The number of aryl methyl sites for hydroxylation is 1. The smallest absolute Gasteiger partial charge is 0.244 e. The summed E-state index contributed by atoms with van der Waals surface area (Å²) in [5.74, 6) is 0.354. The Balaban J connectivity index is 2.28. The van der Waals surface area contributed by atoms with Crippen molar-refractivity contribution in [3.8, 4) is 5.75 Å². The van der Waals surface area contributed by atoms with Crippen LogP contribution in [0.2, 0.25) is 0 Å². The van der Waals surface area contributed by atoms with Gasteiger partial charge in [0.2, 0.25) is 10.0 Å². The molecule has 6 heteroatoms. The molecule has 1 saturated carbocycles. The molecule has 20 heavy (non-hydrogen) atoms. The molecule has 0 aliphatic heterocycles. The highest BCUT2D eigenvalue weighted by Crippen LogP contribution is 2.26. The zero-order valence-electron chi connectivity index (χ0n) is 11.9. The van der Waals surface area contributed by atoms with Crippen LogP contribution >= 0.6 is 0 Å². The topological polar surface area (TPSA) is 81.4 Å². The molecule has 2 atom stereocenters. The van der Waals surface area contributed by atoms with Crippen LogP contribution in [0.15, 0.2) is 23.1 Å². The van der Waals surface area contributed by atoms with Crippen molar-refractivity contribution >= 4 is 10.0 Å². The Labute approximate surface area is 120 Å². The number of hydrogen-bond acceptors (Lipinski definition) is 4. The highest BCUT2D eigenvalue weighted by molar-refractivity contribution is 7.89. The minimum absolute atomic E-state index is 0.116. The Morgan fingerprint density at radius 2 is 2.00 bits per heavy atom. The maximum atomic E-state index is 12.5. The van der Waals surface area contributed by atoms with E-state index in [1.54, 1.807) is 12.1 Å². The van der Waals surface area contributed by atoms with Gasteiger partial charge in [-0.3, -0.25) is 0 Å². The summed E-state index contributed by atoms with van der Waals surface area (Å²) in [5, 5.41) is 0. The largest absolute Gasteiger partial charge is 0.495 e. The fraction of sp³-hybridized carbons (Fsp3) is 0.571. The van der Waals surface area contributed by atoms with Crippen LogP contribution < -0.4 is 15.2 Å². The van der Waals surface area contributed by atoms with E-state index in [1.165, 1.54) is 7.11 Å². The Morgan fingerprint density at radius 3 is 2.65 bits per heavy atom. The molecule has 3 N–H and O–H groups in total. The maximum Gasteiger partial charge on any atom is 0.244 e. The summed E-state index contributed by atoms with van der Waals surface area (Å²) in [6.07, 6.45) is 3.71. The van der Waals surface area contributed by atoms with E-state index in [1.807, 2.05) is 13.0 Å². The summed E-state index contributed by atoms with van der Waals surface area (Å²) in [5.41, 5.74) is 6.88. The van der Waals surface area contributed by atoms with Gasteiger partial charge in [-0.1, -0.05) is 18.9 Å². The van der Waals surface area contributed by atoms with Crippen LogP contribution in [-0.4, -0.2) is 27.6 Å². The highest BCUT2D eigenvalue weighted by atomic mass is 32.2. The molecule has 1 aromatic rings. The predicted octanol–water partition coefficient (Wildman–Crippen LogP) is 1.55. The third-order valence-electron chi connectivity index (χ3n) is 3.73. The predicted molar refractivity (Wildman–Crippen MR) is 78.3 cm³/mol. The standard InChI is InChI=1S/C14H22N2O3S/c1-10-7-8-13(19-2)14(9-10)20(17,18)16-12-6-4-3-5-11(12)15/h7-9,11-12,16H,3-6,15H2,1-2H3/t11-,12-/m1/s1. The van der Waals surface area contributed by atoms with E-state index in [0.717, 1.165) is 31.2 Å². The number of rotatable bonds is 4. The fourth-order valence-corrected chi connectivity index (χ4v) is 4.14. The Bertz CT molecular complexity index is 572. The summed E-state index contributed by atoms with van der Waals surface area (Å²) >= 11 is 0. The Morgan fingerprint density at radius 1 is 1.30 bits per heavy atom. The SMILES string of the molecule is COc1ccc(C)cc1S(=O)(=O)N[C@@H]1CCCC[C@H]1N. The Hall–Kier alpha value is -1.11. The van der Waals surface area contributed by atoms with Gasteiger partial charge in [0.05, 0.1) is 7.11 Å². The van der Waals surface area contributed by atoms with Gasteiger partial charge in [-0.15, -0.1) is 0 Å². The molecule has 0 heterocycles. The third-order valence-corrected chi connectivity index (χ3v) is 5.25. The maximum absolute atomic E-state index is 12.5. The van der Waals surface area contributed by atoms with Crippen LogP contribution in [0, 0.1) is 6.92 Å². The molecule has 0 bridgehead atoms. The van der Waals surface area contributed by atoms with Crippen molar-refractivity contribution in [2.75, 3.05) is 7.11 Å². The Kier molecular flexibility index (Phi) is 4.67. The second kappa shape index (κ2) is 6.11. The lowest BCUT2D eigenvalue weighted by molar-refractivity contribution is 0.359. The number of sulfonamides is 1. The zero-order chi connectivity index (χ0) is 14.8. The number of methoxy groups -OCH3 is 1. The van der Waals surface area contributed by atoms with Crippen LogP contribution in [0.5, 0.6) is 5.75 Å². The van der Waals surface area contributed by atoms with Gasteiger partial charge < -0.3 is 10.5 Å². The summed E-state index contributed by atoms with van der Waals surface area (Å²) in [6, 6.07) is 4.80. The van der Waals surface area contributed by atoms with Gasteiger partial charge in [0.25, 0.3) is 0 Å². The molecule has 112 valence electrons. The quantitative estimate of drug-likeness (QED) is 0.883. The molecule has 1 aromatic carbocycles. The number of benzene rings is 1. The van der Waals surface area contributed by atoms with Crippen molar-refractivity contribution < 1.29 is 13.2 Å². The number of hydrogen-bond donors (Lipinski definition) is 2. The van der Waals surface area contributed by atoms with Crippen molar-refractivity contribution in [2.45, 2.75) is 49.6 Å². The minimum Gasteiger partial charge on any atom is -0.495 e. The van der Waals surface area contributed by atoms with E-state index in [4.69, 9.17) is 10.5 Å². The molecule has 0 saturated heterocycles. The zero-order valence-corrected chi connectivity index (χ0v) is 12.7. The van der Waals surface area contributed by atoms with Crippen LogP contribution in [-0.2, 0) is 10.0 Å². The normalized spacial score (nSPS) is 23.6. The molecule has 5 nitrogen and oxygen atoms in total. The summed E-state index contributed by atoms with van der Waals surface area (Å²) in [7, 11) is -2.14. The average molecular weight is 298 g/mol. The van der Waals surface area contributed by atoms with E-state index in [2.05, 4.69) is 4.72 Å². The first-order chi connectivity index (χ1) is 9.44. The molecule has 0 aromatic heterocycles. The average Bonchev–Trinajstić information content (AvgIpc) is 2.41. The van der Waals surface area contributed by atoms with Crippen LogP contribution in [0.25, 0.3) is 0 Å². The molecule has 0 radical (unpaired) electrons. The summed E-state index contributed by atoms with van der Waals surface area (Å²) in [4.78, 5) is 0.178. The molecular formula is C14H22N2O3S. The lowest BCUT2D eigenvalue weighted by Gasteiger charge is -2.29. The first kappa shape index (κ1) is 15.3. The van der Waals surface area contributed by atoms with Gasteiger partial charge in [-0.25, -0.2) is 13.1 Å². The molecule has 2 rings (SSSR count). The first-order valence-electron chi connectivity index (χ1n) is 6.86. The van der Waals surface area contributed by atoms with Gasteiger partial charge >= 0.3 is 0 Å². The monoisotopic (exact) mass is 298 g/mol. The van der Waals surface area contributed by atoms with Crippen molar-refractivity contribution in [1.29, 1.82) is 0 Å². The van der Waals surface area contributed by atoms with Crippen molar-refractivity contribution in [2.24, 2.45) is 5.73 Å². The number of nitrogens with two attached hydrogens (primary N) is 1. The van der Waals surface area contributed by atoms with Crippen molar-refractivity contribution in [1.82, 2.24) is 4.72 Å². The van der Waals surface area contributed by atoms with E-state index < -0.39 is 10.0 Å².